The first-order valence-corrected chi connectivity index (χ1v) is 4.91. The molecule has 0 fully saturated rings. The van der Waals surface area contributed by atoms with Gasteiger partial charge in [-0.25, -0.2) is 0 Å². The lowest BCUT2D eigenvalue weighted by atomic mass is 9.93. The van der Waals surface area contributed by atoms with E-state index in [0.717, 1.165) is 5.02 Å². The Morgan fingerprint density at radius 3 is 2.54 bits per heavy atom. The molecule has 0 aliphatic rings. The maximum absolute atomic E-state index is 6.12. The largest absolute Gasteiger partial charge is 0.330 e. The van der Waals surface area contributed by atoms with Crippen LogP contribution in [0.1, 0.15) is 29.5 Å². The van der Waals surface area contributed by atoms with Gasteiger partial charge in [0.05, 0.1) is 0 Å². The first-order valence-electron chi connectivity index (χ1n) is 4.53. The van der Waals surface area contributed by atoms with E-state index in [1.54, 1.807) is 0 Å². The summed E-state index contributed by atoms with van der Waals surface area (Å²) in [6.45, 7) is 6.94. The second kappa shape index (κ2) is 4.12. The standard InChI is InChI=1S/C11H16ClN/c1-7-4-5-10(12)11(9(7)3)8(2)6-13/h4-5,8H,6,13H2,1-3H3. The lowest BCUT2D eigenvalue weighted by molar-refractivity contribution is 0.767. The van der Waals surface area contributed by atoms with Crippen molar-refractivity contribution in [3.63, 3.8) is 0 Å². The quantitative estimate of drug-likeness (QED) is 0.775. The summed E-state index contributed by atoms with van der Waals surface area (Å²) < 4.78 is 0. The molecular weight excluding hydrogens is 182 g/mol. The lowest BCUT2D eigenvalue weighted by Crippen LogP contribution is -2.11. The Balaban J connectivity index is 3.25. The predicted molar refractivity (Wildman–Crippen MR) is 58.4 cm³/mol. The topological polar surface area (TPSA) is 26.0 Å². The maximum Gasteiger partial charge on any atom is 0.0444 e. The number of aryl methyl sites for hydroxylation is 1. The van der Waals surface area contributed by atoms with Gasteiger partial charge in [0.15, 0.2) is 0 Å². The molecule has 0 bridgehead atoms. The Morgan fingerprint density at radius 2 is 2.00 bits per heavy atom. The summed E-state index contributed by atoms with van der Waals surface area (Å²) in [6, 6.07) is 4.00. The third kappa shape index (κ3) is 2.04. The summed E-state index contributed by atoms with van der Waals surface area (Å²) in [5, 5.41) is 0.834. The molecule has 0 saturated heterocycles. The fraction of sp³-hybridized carbons (Fsp3) is 0.455. The molecule has 1 rings (SSSR count). The van der Waals surface area contributed by atoms with Crippen molar-refractivity contribution in [1.29, 1.82) is 0 Å². The highest BCUT2D eigenvalue weighted by molar-refractivity contribution is 6.31. The van der Waals surface area contributed by atoms with Gasteiger partial charge in [-0.3, -0.25) is 0 Å². The number of hydrogen-bond donors (Lipinski definition) is 1. The van der Waals surface area contributed by atoms with Gasteiger partial charge in [0.2, 0.25) is 0 Å². The molecule has 1 unspecified atom stereocenters. The van der Waals surface area contributed by atoms with Crippen molar-refractivity contribution in [3.8, 4) is 0 Å². The second-order valence-corrected chi connectivity index (χ2v) is 3.95. The third-order valence-corrected chi connectivity index (χ3v) is 2.91. The first-order chi connectivity index (χ1) is 6.07. The number of halogens is 1. The lowest BCUT2D eigenvalue weighted by Gasteiger charge is -2.16. The van der Waals surface area contributed by atoms with Crippen molar-refractivity contribution in [2.75, 3.05) is 6.54 Å². The molecule has 0 radical (unpaired) electrons. The molecular formula is C11H16ClN. The zero-order valence-electron chi connectivity index (χ0n) is 8.39. The van der Waals surface area contributed by atoms with Gasteiger partial charge in [0.25, 0.3) is 0 Å². The summed E-state index contributed by atoms with van der Waals surface area (Å²) in [5.41, 5.74) is 9.38. The fourth-order valence-corrected chi connectivity index (χ4v) is 1.92. The smallest absolute Gasteiger partial charge is 0.0444 e. The van der Waals surface area contributed by atoms with Gasteiger partial charge >= 0.3 is 0 Å². The molecule has 1 nitrogen and oxygen atoms in total. The van der Waals surface area contributed by atoms with Crippen molar-refractivity contribution in [3.05, 3.63) is 33.8 Å². The van der Waals surface area contributed by atoms with Crippen molar-refractivity contribution in [1.82, 2.24) is 0 Å². The Hall–Kier alpha value is -0.530. The molecule has 1 atom stereocenters. The van der Waals surface area contributed by atoms with Crippen LogP contribution in [-0.2, 0) is 0 Å². The number of hydrogen-bond acceptors (Lipinski definition) is 1. The van der Waals surface area contributed by atoms with Crippen molar-refractivity contribution < 1.29 is 0 Å². The van der Waals surface area contributed by atoms with Gasteiger partial charge in [-0.05, 0) is 49.1 Å². The van der Waals surface area contributed by atoms with Gasteiger partial charge in [0, 0.05) is 5.02 Å². The highest BCUT2D eigenvalue weighted by atomic mass is 35.5. The first kappa shape index (κ1) is 10.6. The molecule has 2 N–H and O–H groups in total. The van der Waals surface area contributed by atoms with E-state index in [-0.39, 0.29) is 0 Å². The van der Waals surface area contributed by atoms with Crippen molar-refractivity contribution in [2.24, 2.45) is 5.73 Å². The molecule has 0 amide bonds. The van der Waals surface area contributed by atoms with Crippen LogP contribution in [0.25, 0.3) is 0 Å². The molecule has 0 heterocycles. The summed E-state index contributed by atoms with van der Waals surface area (Å²) in [7, 11) is 0. The minimum Gasteiger partial charge on any atom is -0.330 e. The van der Waals surface area contributed by atoms with E-state index < -0.39 is 0 Å². The molecule has 0 aliphatic heterocycles. The highest BCUT2D eigenvalue weighted by Crippen LogP contribution is 2.28. The van der Waals surface area contributed by atoms with E-state index in [4.69, 9.17) is 17.3 Å². The molecule has 0 saturated carbocycles. The van der Waals surface area contributed by atoms with E-state index in [1.165, 1.54) is 16.7 Å². The van der Waals surface area contributed by atoms with Crippen LogP contribution >= 0.6 is 11.6 Å². The zero-order chi connectivity index (χ0) is 10.0. The van der Waals surface area contributed by atoms with Crippen LogP contribution in [0.4, 0.5) is 0 Å². The van der Waals surface area contributed by atoms with Gasteiger partial charge in [-0.15, -0.1) is 0 Å². The molecule has 1 aromatic rings. The average Bonchev–Trinajstić information content (AvgIpc) is 2.12. The van der Waals surface area contributed by atoms with Crippen LogP contribution < -0.4 is 5.73 Å². The summed E-state index contributed by atoms with van der Waals surface area (Å²) in [6.07, 6.45) is 0. The Kier molecular flexibility index (Phi) is 3.34. The van der Waals surface area contributed by atoms with Crippen LogP contribution in [-0.4, -0.2) is 6.54 Å². The van der Waals surface area contributed by atoms with Gasteiger partial charge in [0.1, 0.15) is 0 Å². The molecule has 1 aromatic carbocycles. The molecule has 13 heavy (non-hydrogen) atoms. The van der Waals surface area contributed by atoms with Crippen LogP contribution in [0.3, 0.4) is 0 Å². The van der Waals surface area contributed by atoms with Gasteiger partial charge in [-0.2, -0.15) is 0 Å². The van der Waals surface area contributed by atoms with E-state index in [9.17, 15) is 0 Å². The summed E-state index contributed by atoms with van der Waals surface area (Å²) >= 11 is 6.12. The number of nitrogens with two attached hydrogens (primary N) is 1. The average molecular weight is 198 g/mol. The third-order valence-electron chi connectivity index (χ3n) is 2.58. The van der Waals surface area contributed by atoms with Crippen molar-refractivity contribution >= 4 is 11.6 Å². The van der Waals surface area contributed by atoms with E-state index in [0.29, 0.717) is 12.5 Å². The number of rotatable bonds is 2. The molecule has 0 spiro atoms. The minimum absolute atomic E-state index is 0.340. The molecule has 2 heteroatoms. The zero-order valence-corrected chi connectivity index (χ0v) is 9.15. The Morgan fingerprint density at radius 1 is 1.38 bits per heavy atom. The Labute approximate surface area is 84.9 Å². The summed E-state index contributed by atoms with van der Waals surface area (Å²) in [4.78, 5) is 0. The molecule has 0 aliphatic carbocycles. The molecule has 72 valence electrons. The van der Waals surface area contributed by atoms with Crippen LogP contribution in [0.2, 0.25) is 5.02 Å². The maximum atomic E-state index is 6.12. The van der Waals surface area contributed by atoms with Gasteiger partial charge < -0.3 is 5.73 Å². The van der Waals surface area contributed by atoms with E-state index in [1.807, 2.05) is 12.1 Å². The van der Waals surface area contributed by atoms with Gasteiger partial charge in [-0.1, -0.05) is 24.6 Å². The van der Waals surface area contributed by atoms with E-state index in [2.05, 4.69) is 20.8 Å². The van der Waals surface area contributed by atoms with Crippen molar-refractivity contribution in [2.45, 2.75) is 26.7 Å². The highest BCUT2D eigenvalue weighted by Gasteiger charge is 2.11. The monoisotopic (exact) mass is 197 g/mol. The van der Waals surface area contributed by atoms with Crippen LogP contribution in [0, 0.1) is 13.8 Å². The fourth-order valence-electron chi connectivity index (χ4n) is 1.53. The normalized spacial score (nSPS) is 13.0. The second-order valence-electron chi connectivity index (χ2n) is 3.54. The van der Waals surface area contributed by atoms with E-state index >= 15 is 0 Å². The minimum atomic E-state index is 0.340. The van der Waals surface area contributed by atoms with Crippen LogP contribution in [0.15, 0.2) is 12.1 Å². The Bertz CT molecular complexity index is 307. The predicted octanol–water partition coefficient (Wildman–Crippen LogP) is 3.02. The molecule has 0 aromatic heterocycles. The van der Waals surface area contributed by atoms with Crippen LogP contribution in [0.5, 0.6) is 0 Å². The number of benzene rings is 1. The summed E-state index contributed by atoms with van der Waals surface area (Å²) in [5.74, 6) is 0.340. The SMILES string of the molecule is Cc1ccc(Cl)c(C(C)CN)c1C.